The molecule has 2 N–H and O–H groups in total. The third kappa shape index (κ3) is 5.04. The maximum atomic E-state index is 9.26. The number of hydrogen-bond donors (Lipinski definition) is 2. The molecule has 17 heavy (non-hydrogen) atoms. The number of aliphatic hydroxyl groups excluding tert-OH is 1. The first-order valence-electron chi connectivity index (χ1n) is 5.78. The van der Waals surface area contributed by atoms with E-state index in [1.165, 1.54) is 0 Å². The zero-order valence-corrected chi connectivity index (χ0v) is 11.1. The number of nitrogens with one attached hydrogen (secondary N) is 1. The van der Waals surface area contributed by atoms with Crippen LogP contribution in [-0.2, 0) is 4.74 Å². The van der Waals surface area contributed by atoms with Crippen molar-refractivity contribution in [1.82, 2.24) is 5.32 Å². The summed E-state index contributed by atoms with van der Waals surface area (Å²) in [6.07, 6.45) is 0.790. The Morgan fingerprint density at radius 2 is 2.24 bits per heavy atom. The summed E-state index contributed by atoms with van der Waals surface area (Å²) in [7, 11) is 1.66. The highest BCUT2D eigenvalue weighted by Crippen LogP contribution is 2.18. The van der Waals surface area contributed by atoms with Crippen molar-refractivity contribution in [3.63, 3.8) is 0 Å². The van der Waals surface area contributed by atoms with E-state index in [0.717, 1.165) is 17.0 Å². The van der Waals surface area contributed by atoms with Gasteiger partial charge in [0.05, 0.1) is 6.61 Å². The van der Waals surface area contributed by atoms with Crippen LogP contribution in [0.15, 0.2) is 24.3 Å². The third-order valence-electron chi connectivity index (χ3n) is 2.73. The Bertz CT molecular complexity index is 333. The first kappa shape index (κ1) is 14.5. The van der Waals surface area contributed by atoms with Crippen LogP contribution in [0, 0.1) is 0 Å². The van der Waals surface area contributed by atoms with E-state index in [4.69, 9.17) is 16.3 Å². The topological polar surface area (TPSA) is 41.5 Å². The highest BCUT2D eigenvalue weighted by molar-refractivity contribution is 6.30. The Morgan fingerprint density at radius 3 is 2.82 bits per heavy atom. The largest absolute Gasteiger partial charge is 0.395 e. The van der Waals surface area contributed by atoms with Crippen LogP contribution in [0.4, 0.5) is 0 Å². The Morgan fingerprint density at radius 1 is 1.47 bits per heavy atom. The van der Waals surface area contributed by atoms with Crippen LogP contribution in [0.1, 0.15) is 24.9 Å². The van der Waals surface area contributed by atoms with Crippen molar-refractivity contribution < 1.29 is 9.84 Å². The summed E-state index contributed by atoms with van der Waals surface area (Å²) in [6.45, 7) is 2.80. The summed E-state index contributed by atoms with van der Waals surface area (Å²) >= 11 is 5.95. The van der Waals surface area contributed by atoms with Crippen molar-refractivity contribution in [2.24, 2.45) is 0 Å². The lowest BCUT2D eigenvalue weighted by Crippen LogP contribution is -2.35. The summed E-state index contributed by atoms with van der Waals surface area (Å²) in [5.74, 6) is 0. The van der Waals surface area contributed by atoms with Gasteiger partial charge >= 0.3 is 0 Å². The minimum absolute atomic E-state index is 0.0453. The lowest BCUT2D eigenvalue weighted by atomic mass is 10.1. The predicted octanol–water partition coefficient (Wildman–Crippen LogP) is 2.39. The zero-order chi connectivity index (χ0) is 12.7. The van der Waals surface area contributed by atoms with E-state index in [1.54, 1.807) is 7.11 Å². The maximum absolute atomic E-state index is 9.26. The van der Waals surface area contributed by atoms with E-state index in [-0.39, 0.29) is 18.7 Å². The predicted molar refractivity (Wildman–Crippen MR) is 70.4 cm³/mol. The minimum Gasteiger partial charge on any atom is -0.395 e. The van der Waals surface area contributed by atoms with Crippen LogP contribution in [0.2, 0.25) is 5.02 Å². The number of aliphatic hydroxyl groups is 1. The van der Waals surface area contributed by atoms with Crippen molar-refractivity contribution in [3.8, 4) is 0 Å². The molecular formula is C13H20ClNO2. The van der Waals surface area contributed by atoms with Crippen molar-refractivity contribution in [1.29, 1.82) is 0 Å². The van der Waals surface area contributed by atoms with Crippen molar-refractivity contribution >= 4 is 11.6 Å². The number of benzene rings is 1. The van der Waals surface area contributed by atoms with Gasteiger partial charge in [0.2, 0.25) is 0 Å². The molecule has 1 rings (SSSR count). The molecule has 1 aromatic rings. The van der Waals surface area contributed by atoms with E-state index in [2.05, 4.69) is 12.2 Å². The van der Waals surface area contributed by atoms with Gasteiger partial charge in [-0.2, -0.15) is 0 Å². The summed E-state index contributed by atoms with van der Waals surface area (Å²) in [6, 6.07) is 7.94. The molecule has 4 heteroatoms. The van der Waals surface area contributed by atoms with E-state index in [0.29, 0.717) is 6.61 Å². The molecule has 0 spiro atoms. The average Bonchev–Trinajstić information content (AvgIpc) is 2.34. The Balaban J connectivity index is 2.54. The van der Waals surface area contributed by atoms with Crippen molar-refractivity contribution in [2.75, 3.05) is 20.3 Å². The number of halogens is 1. The number of rotatable bonds is 7. The molecule has 2 unspecified atom stereocenters. The molecule has 0 amide bonds. The molecule has 0 aliphatic rings. The molecule has 0 radical (unpaired) electrons. The zero-order valence-electron chi connectivity index (χ0n) is 10.3. The van der Waals surface area contributed by atoms with E-state index < -0.39 is 0 Å². The summed E-state index contributed by atoms with van der Waals surface area (Å²) in [5.41, 5.74) is 1.12. The van der Waals surface area contributed by atoms with Gasteiger partial charge in [-0.15, -0.1) is 0 Å². The molecular weight excluding hydrogens is 238 g/mol. The Kier molecular flexibility index (Phi) is 6.52. The van der Waals surface area contributed by atoms with Gasteiger partial charge in [0.1, 0.15) is 0 Å². The second-order valence-electron chi connectivity index (χ2n) is 4.10. The molecule has 3 nitrogen and oxygen atoms in total. The monoisotopic (exact) mass is 257 g/mol. The molecule has 1 aromatic carbocycles. The summed E-state index contributed by atoms with van der Waals surface area (Å²) < 4.78 is 5.01. The lowest BCUT2D eigenvalue weighted by Gasteiger charge is -2.22. The highest BCUT2D eigenvalue weighted by atomic mass is 35.5. The molecule has 0 saturated carbocycles. The van der Waals surface area contributed by atoms with Crippen LogP contribution in [-0.4, -0.2) is 31.5 Å². The van der Waals surface area contributed by atoms with Crippen LogP contribution >= 0.6 is 11.6 Å². The lowest BCUT2D eigenvalue weighted by molar-refractivity contribution is 0.156. The van der Waals surface area contributed by atoms with E-state index in [1.807, 2.05) is 24.3 Å². The van der Waals surface area contributed by atoms with E-state index in [9.17, 15) is 5.11 Å². The standard InChI is InChI=1S/C13H20ClNO2/c1-10(11-4-3-5-12(14)8-11)15-13(9-16)6-7-17-2/h3-5,8,10,13,15-16H,6-7,9H2,1-2H3. The smallest absolute Gasteiger partial charge is 0.0585 e. The van der Waals surface area contributed by atoms with Gasteiger partial charge in [-0.05, 0) is 31.0 Å². The first-order chi connectivity index (χ1) is 8.17. The normalized spacial score (nSPS) is 14.6. The Labute approximate surface area is 108 Å². The van der Waals surface area contributed by atoms with Gasteiger partial charge in [-0.25, -0.2) is 0 Å². The average molecular weight is 258 g/mol. The molecule has 0 heterocycles. The fourth-order valence-electron chi connectivity index (χ4n) is 1.71. The maximum Gasteiger partial charge on any atom is 0.0585 e. The van der Waals surface area contributed by atoms with Crippen LogP contribution in [0.5, 0.6) is 0 Å². The van der Waals surface area contributed by atoms with Gasteiger partial charge in [-0.1, -0.05) is 23.7 Å². The van der Waals surface area contributed by atoms with Gasteiger partial charge in [0.15, 0.2) is 0 Å². The number of hydrogen-bond acceptors (Lipinski definition) is 3. The van der Waals surface area contributed by atoms with Gasteiger partial charge in [0, 0.05) is 30.8 Å². The van der Waals surface area contributed by atoms with Gasteiger partial charge in [0.25, 0.3) is 0 Å². The fourth-order valence-corrected chi connectivity index (χ4v) is 1.91. The van der Waals surface area contributed by atoms with Gasteiger partial charge in [-0.3, -0.25) is 0 Å². The van der Waals surface area contributed by atoms with Crippen LogP contribution < -0.4 is 5.32 Å². The molecule has 0 aliphatic heterocycles. The summed E-state index contributed by atoms with van der Waals surface area (Å²) in [5, 5.41) is 13.3. The van der Waals surface area contributed by atoms with Crippen LogP contribution in [0.3, 0.4) is 0 Å². The molecule has 0 aromatic heterocycles. The van der Waals surface area contributed by atoms with Crippen molar-refractivity contribution in [2.45, 2.75) is 25.4 Å². The Hall–Kier alpha value is -0.610. The molecule has 0 aliphatic carbocycles. The SMILES string of the molecule is COCCC(CO)NC(C)c1cccc(Cl)c1. The minimum atomic E-state index is 0.0453. The second-order valence-corrected chi connectivity index (χ2v) is 4.54. The molecule has 2 atom stereocenters. The molecule has 0 fully saturated rings. The first-order valence-corrected chi connectivity index (χ1v) is 6.16. The number of ether oxygens (including phenoxy) is 1. The van der Waals surface area contributed by atoms with Crippen LogP contribution in [0.25, 0.3) is 0 Å². The molecule has 0 saturated heterocycles. The second kappa shape index (κ2) is 7.67. The highest BCUT2D eigenvalue weighted by Gasteiger charge is 2.12. The summed E-state index contributed by atoms with van der Waals surface area (Å²) in [4.78, 5) is 0. The van der Waals surface area contributed by atoms with Gasteiger partial charge < -0.3 is 15.2 Å². The van der Waals surface area contributed by atoms with E-state index >= 15 is 0 Å². The van der Waals surface area contributed by atoms with Crippen molar-refractivity contribution in [3.05, 3.63) is 34.9 Å². The molecule has 0 bridgehead atoms. The fraction of sp³-hybridized carbons (Fsp3) is 0.538. The number of methoxy groups -OCH3 is 1. The quantitative estimate of drug-likeness (QED) is 0.788. The third-order valence-corrected chi connectivity index (χ3v) is 2.96. The molecule has 96 valence electrons.